The first-order chi connectivity index (χ1) is 23.5. The number of fused-ring (bicyclic) bond motifs is 4. The lowest BCUT2D eigenvalue weighted by Crippen LogP contribution is -2.60. The maximum absolute atomic E-state index is 12.6. The molecule has 0 aromatic rings. The van der Waals surface area contributed by atoms with E-state index in [0.717, 1.165) is 39.1 Å². The van der Waals surface area contributed by atoms with Crippen LogP contribution in [0.5, 0.6) is 0 Å². The lowest BCUT2D eigenvalue weighted by Gasteiger charge is -2.64. The molecule has 8 aliphatic rings. The number of morpholine rings is 1. The van der Waals surface area contributed by atoms with E-state index in [-0.39, 0.29) is 40.8 Å². The van der Waals surface area contributed by atoms with Gasteiger partial charge in [-0.1, -0.05) is 34.6 Å². The van der Waals surface area contributed by atoms with Gasteiger partial charge in [0.15, 0.2) is 6.29 Å². The van der Waals surface area contributed by atoms with Gasteiger partial charge in [0.1, 0.15) is 6.10 Å². The second-order valence-electron chi connectivity index (χ2n) is 20.5. The third-order valence-corrected chi connectivity index (χ3v) is 17.6. The van der Waals surface area contributed by atoms with Crippen LogP contribution in [0.1, 0.15) is 120 Å². The number of nitrogens with zero attached hydrogens (tertiary/aromatic N) is 2. The van der Waals surface area contributed by atoms with E-state index in [1.165, 1.54) is 58.0 Å². The first-order valence-electron chi connectivity index (χ1n) is 20.9. The van der Waals surface area contributed by atoms with Crippen molar-refractivity contribution < 1.29 is 29.2 Å². The predicted molar refractivity (Wildman–Crippen MR) is 195 cm³/mol. The van der Waals surface area contributed by atoms with Crippen LogP contribution >= 0.6 is 0 Å². The summed E-state index contributed by atoms with van der Waals surface area (Å²) in [6, 6.07) is 0.537. The highest BCUT2D eigenvalue weighted by molar-refractivity contribution is 5.33. The lowest BCUT2D eigenvalue weighted by atomic mass is 9.41. The molecule has 15 atom stereocenters. The summed E-state index contributed by atoms with van der Waals surface area (Å²) in [5.41, 5.74) is -0.423. The van der Waals surface area contributed by atoms with Crippen molar-refractivity contribution >= 4 is 0 Å². The van der Waals surface area contributed by atoms with Gasteiger partial charge in [-0.05, 0) is 144 Å². The van der Waals surface area contributed by atoms with Crippen molar-refractivity contribution in [3.8, 4) is 0 Å². The summed E-state index contributed by atoms with van der Waals surface area (Å²) < 4.78 is 26.5. The Labute approximate surface area is 303 Å². The Morgan fingerprint density at radius 2 is 1.70 bits per heavy atom. The normalized spacial score (nSPS) is 51.3. The maximum Gasteiger partial charge on any atom is 0.170 e. The van der Waals surface area contributed by atoms with Gasteiger partial charge in [0.2, 0.25) is 0 Å². The first kappa shape index (κ1) is 36.6. The number of likely N-dealkylation sites (tertiary alicyclic amines) is 1. The Bertz CT molecular complexity index is 1270. The van der Waals surface area contributed by atoms with Crippen LogP contribution in [0.2, 0.25) is 0 Å². The summed E-state index contributed by atoms with van der Waals surface area (Å²) in [6.45, 7) is 27.3. The average molecular weight is 701 g/mol. The van der Waals surface area contributed by atoms with Crippen molar-refractivity contribution in [2.45, 2.75) is 169 Å². The quantitative estimate of drug-likeness (QED) is 0.298. The summed E-state index contributed by atoms with van der Waals surface area (Å²) >= 11 is 0. The zero-order valence-corrected chi connectivity index (χ0v) is 33.1. The molecular formula is C42H72N2O6. The van der Waals surface area contributed by atoms with Crippen molar-refractivity contribution in [1.82, 2.24) is 9.80 Å². The van der Waals surface area contributed by atoms with E-state index in [0.29, 0.717) is 47.2 Å². The Kier molecular flexibility index (Phi) is 9.05. The van der Waals surface area contributed by atoms with Crippen molar-refractivity contribution in [2.24, 2.45) is 50.7 Å². The van der Waals surface area contributed by atoms with E-state index < -0.39 is 17.8 Å². The molecule has 8 rings (SSSR count). The fourth-order valence-electron chi connectivity index (χ4n) is 15.1. The molecule has 50 heavy (non-hydrogen) atoms. The highest BCUT2D eigenvalue weighted by Gasteiger charge is 2.84. The Morgan fingerprint density at radius 1 is 0.980 bits per heavy atom. The molecule has 8 nitrogen and oxygen atoms in total. The highest BCUT2D eigenvalue weighted by Crippen LogP contribution is 2.89. The number of hydrogen-bond donors (Lipinski definition) is 2. The Balaban J connectivity index is 0.993. The van der Waals surface area contributed by atoms with Gasteiger partial charge in [-0.15, -0.1) is 0 Å². The molecule has 3 saturated heterocycles. The predicted octanol–water partition coefficient (Wildman–Crippen LogP) is 6.11. The van der Waals surface area contributed by atoms with E-state index in [1.807, 2.05) is 20.8 Å². The third-order valence-electron chi connectivity index (χ3n) is 17.6. The van der Waals surface area contributed by atoms with E-state index in [1.54, 1.807) is 0 Å². The molecule has 8 fully saturated rings. The zero-order valence-electron chi connectivity index (χ0n) is 33.1. The molecule has 3 heterocycles. The van der Waals surface area contributed by atoms with E-state index in [2.05, 4.69) is 51.3 Å². The van der Waals surface area contributed by atoms with Crippen LogP contribution in [-0.2, 0) is 18.9 Å². The van der Waals surface area contributed by atoms with E-state index >= 15 is 0 Å². The minimum Gasteiger partial charge on any atom is -0.390 e. The maximum atomic E-state index is 12.6. The summed E-state index contributed by atoms with van der Waals surface area (Å²) in [5.74, 6) is 1.86. The molecule has 0 aromatic carbocycles. The summed E-state index contributed by atoms with van der Waals surface area (Å²) in [7, 11) is 0. The standard InChI is InChI=1S/C42H72N2O6/c1-10-47-36(38(6,7)46)28-22-26(2)33-34(49-28)35(45)40(9)30-13-12-29-37(4,5)31(14-15-41(29)25-42(30,41)17-16-39(33,40)8)50-32-24-44(20-21-48-32)27(3)23-43-18-11-19-43/h26-36,45-46H,10-25H2,1-9H3/t26-,27-,28-,29+,30+,31+,32+,33?,34+,35+,36+,39-,40-,41-,42+/m1/s1. The Morgan fingerprint density at radius 3 is 2.38 bits per heavy atom. The molecule has 8 heteroatoms. The molecule has 0 aromatic heterocycles. The fraction of sp³-hybridized carbons (Fsp3) is 1.00. The molecule has 0 radical (unpaired) electrons. The van der Waals surface area contributed by atoms with Gasteiger partial charge >= 0.3 is 0 Å². The van der Waals surface area contributed by atoms with Crippen LogP contribution in [0, 0.1) is 50.7 Å². The zero-order chi connectivity index (χ0) is 35.6. The lowest BCUT2D eigenvalue weighted by molar-refractivity contribution is -0.251. The molecule has 2 spiro atoms. The molecule has 286 valence electrons. The minimum absolute atomic E-state index is 0.0245. The topological polar surface area (TPSA) is 83.9 Å². The molecule has 5 aliphatic carbocycles. The molecule has 1 unspecified atom stereocenters. The van der Waals surface area contributed by atoms with Crippen LogP contribution in [0.4, 0.5) is 0 Å². The fourth-order valence-corrected chi connectivity index (χ4v) is 15.1. The van der Waals surface area contributed by atoms with Gasteiger partial charge in [0.25, 0.3) is 0 Å². The van der Waals surface area contributed by atoms with Crippen molar-refractivity contribution in [3.63, 3.8) is 0 Å². The van der Waals surface area contributed by atoms with Gasteiger partial charge < -0.3 is 34.1 Å². The number of rotatable bonds is 9. The minimum atomic E-state index is -1.01. The summed E-state index contributed by atoms with van der Waals surface area (Å²) in [6.07, 6.45) is 9.50. The van der Waals surface area contributed by atoms with E-state index in [4.69, 9.17) is 18.9 Å². The summed E-state index contributed by atoms with van der Waals surface area (Å²) in [4.78, 5) is 5.18. The number of aliphatic hydroxyl groups excluding tert-OH is 1. The summed E-state index contributed by atoms with van der Waals surface area (Å²) in [5, 5.41) is 23.7. The van der Waals surface area contributed by atoms with E-state index in [9.17, 15) is 10.2 Å². The SMILES string of the molecule is CCO[C@@H]([C@H]1C[C@@H](C)C2[C@H](O1)[C@H](O)[C@@]1(C)[C@@H]3CC[C@H]4C(C)(C)[C@@H](O[C@H]5CN([C@H](C)CN6CCC6)CCO5)CC[C@@]45C[C@@]35CC[C@]21C)C(C)(C)O. The average Bonchev–Trinajstić information content (AvgIpc) is 3.67. The molecule has 0 amide bonds. The number of hydrogen-bond acceptors (Lipinski definition) is 8. The van der Waals surface area contributed by atoms with Gasteiger partial charge in [0.05, 0.1) is 36.6 Å². The first-order valence-corrected chi connectivity index (χ1v) is 20.9. The number of ether oxygens (including phenoxy) is 4. The van der Waals surface area contributed by atoms with Crippen LogP contribution in [0.3, 0.4) is 0 Å². The van der Waals surface area contributed by atoms with Gasteiger partial charge in [0, 0.05) is 37.7 Å². The third kappa shape index (κ3) is 5.10. The largest absolute Gasteiger partial charge is 0.390 e. The molecule has 2 N–H and O–H groups in total. The van der Waals surface area contributed by atoms with Crippen LogP contribution in [0.25, 0.3) is 0 Å². The van der Waals surface area contributed by atoms with Crippen LogP contribution < -0.4 is 0 Å². The van der Waals surface area contributed by atoms with Crippen LogP contribution in [0.15, 0.2) is 0 Å². The highest BCUT2D eigenvalue weighted by atomic mass is 16.7. The number of aliphatic hydroxyl groups is 2. The van der Waals surface area contributed by atoms with Crippen LogP contribution in [-0.4, -0.2) is 114 Å². The smallest absolute Gasteiger partial charge is 0.170 e. The van der Waals surface area contributed by atoms with Crippen molar-refractivity contribution in [3.05, 3.63) is 0 Å². The van der Waals surface area contributed by atoms with Gasteiger partial charge in [-0.2, -0.15) is 0 Å². The monoisotopic (exact) mass is 701 g/mol. The second-order valence-corrected chi connectivity index (χ2v) is 20.5. The molecular weight excluding hydrogens is 628 g/mol. The Hall–Kier alpha value is -0.320. The molecule has 3 aliphatic heterocycles. The van der Waals surface area contributed by atoms with Crippen molar-refractivity contribution in [2.75, 3.05) is 45.9 Å². The van der Waals surface area contributed by atoms with Gasteiger partial charge in [-0.3, -0.25) is 4.90 Å². The van der Waals surface area contributed by atoms with Crippen molar-refractivity contribution in [1.29, 1.82) is 0 Å². The molecule has 0 bridgehead atoms. The second kappa shape index (κ2) is 12.3. The molecule has 5 saturated carbocycles. The van der Waals surface area contributed by atoms with Gasteiger partial charge in [-0.25, -0.2) is 0 Å².